The number of nitrogens with zero attached hydrogens (tertiary/aromatic N) is 2. The number of hydrogen-bond acceptors (Lipinski definition) is 2. The zero-order valence-corrected chi connectivity index (χ0v) is 7.66. The van der Waals surface area contributed by atoms with E-state index in [2.05, 4.69) is 11.0 Å². The Bertz CT molecular complexity index is 333. The van der Waals surface area contributed by atoms with Crippen LogP contribution in [0.4, 0.5) is 0 Å². The average molecular weight is 176 g/mol. The summed E-state index contributed by atoms with van der Waals surface area (Å²) in [4.78, 5) is 10.9. The number of aromatic nitrogens is 2. The first-order chi connectivity index (χ1) is 6.24. The minimum absolute atomic E-state index is 0.0446. The molecule has 0 aliphatic carbocycles. The number of unbranched alkanes of at least 4 members (excludes halogenated alkanes) is 1. The number of carbonyl (C=O) groups is 1. The van der Waals surface area contributed by atoms with Crippen molar-refractivity contribution < 1.29 is 4.79 Å². The van der Waals surface area contributed by atoms with Gasteiger partial charge in [-0.15, -0.1) is 12.3 Å². The smallest absolute Gasteiger partial charge is 0.162 e. The molecule has 1 heterocycles. The normalized spacial score (nSPS) is 9.54. The van der Waals surface area contributed by atoms with Crippen LogP contribution >= 0.6 is 0 Å². The van der Waals surface area contributed by atoms with Crippen molar-refractivity contribution in [3.8, 4) is 12.3 Å². The minimum atomic E-state index is 0.0446. The second kappa shape index (κ2) is 4.46. The van der Waals surface area contributed by atoms with E-state index in [1.807, 2.05) is 0 Å². The largest absolute Gasteiger partial charge is 0.294 e. The van der Waals surface area contributed by atoms with Gasteiger partial charge in [0.25, 0.3) is 0 Å². The first kappa shape index (κ1) is 9.53. The molecule has 1 aromatic rings. The maximum atomic E-state index is 10.9. The van der Waals surface area contributed by atoms with Crippen molar-refractivity contribution in [2.24, 2.45) is 0 Å². The molecule has 0 atom stereocenters. The highest BCUT2D eigenvalue weighted by Crippen LogP contribution is 2.00. The fourth-order valence-corrected chi connectivity index (χ4v) is 1.01. The van der Waals surface area contributed by atoms with Crippen LogP contribution in [0.2, 0.25) is 0 Å². The fourth-order valence-electron chi connectivity index (χ4n) is 1.01. The van der Waals surface area contributed by atoms with Gasteiger partial charge in [-0.1, -0.05) is 0 Å². The van der Waals surface area contributed by atoms with E-state index in [9.17, 15) is 4.79 Å². The van der Waals surface area contributed by atoms with Crippen molar-refractivity contribution in [1.29, 1.82) is 0 Å². The fraction of sp³-hybridized carbons (Fsp3) is 0.400. The third kappa shape index (κ3) is 2.75. The van der Waals surface area contributed by atoms with Crippen LogP contribution in [0.1, 0.15) is 30.1 Å². The maximum Gasteiger partial charge on any atom is 0.162 e. The van der Waals surface area contributed by atoms with Gasteiger partial charge in [-0.2, -0.15) is 5.10 Å². The summed E-state index contributed by atoms with van der Waals surface area (Å²) < 4.78 is 1.74. The number of carbonyl (C=O) groups excluding carboxylic acids is 1. The molecule has 0 unspecified atom stereocenters. The molecule has 1 rings (SSSR count). The van der Waals surface area contributed by atoms with E-state index in [0.717, 1.165) is 19.4 Å². The molecule has 0 bridgehead atoms. The monoisotopic (exact) mass is 176 g/mol. The highest BCUT2D eigenvalue weighted by Gasteiger charge is 2.01. The van der Waals surface area contributed by atoms with Crippen LogP contribution in [-0.2, 0) is 6.54 Å². The number of aryl methyl sites for hydroxylation is 1. The van der Waals surface area contributed by atoms with Crippen molar-refractivity contribution in [3.63, 3.8) is 0 Å². The lowest BCUT2D eigenvalue weighted by molar-refractivity contribution is 0.101. The lowest BCUT2D eigenvalue weighted by atomic mass is 10.3. The van der Waals surface area contributed by atoms with Crippen LogP contribution in [0.15, 0.2) is 12.4 Å². The van der Waals surface area contributed by atoms with E-state index in [1.54, 1.807) is 17.1 Å². The van der Waals surface area contributed by atoms with E-state index in [1.165, 1.54) is 6.92 Å². The van der Waals surface area contributed by atoms with Crippen LogP contribution < -0.4 is 0 Å². The zero-order valence-electron chi connectivity index (χ0n) is 7.66. The molecule has 0 aromatic carbocycles. The van der Waals surface area contributed by atoms with Crippen molar-refractivity contribution in [2.75, 3.05) is 0 Å². The summed E-state index contributed by atoms with van der Waals surface area (Å²) in [6.45, 7) is 2.31. The van der Waals surface area contributed by atoms with Gasteiger partial charge in [-0.25, -0.2) is 0 Å². The molecule has 0 saturated heterocycles. The molecule has 0 spiro atoms. The highest BCUT2D eigenvalue weighted by molar-refractivity contribution is 5.93. The molecule has 3 nitrogen and oxygen atoms in total. The van der Waals surface area contributed by atoms with E-state index >= 15 is 0 Å². The Morgan fingerprint density at radius 3 is 3.08 bits per heavy atom. The lowest BCUT2D eigenvalue weighted by Gasteiger charge is -1.96. The topological polar surface area (TPSA) is 34.9 Å². The van der Waals surface area contributed by atoms with Crippen molar-refractivity contribution >= 4 is 5.78 Å². The molecule has 0 aliphatic rings. The van der Waals surface area contributed by atoms with Crippen LogP contribution in [0.3, 0.4) is 0 Å². The lowest BCUT2D eigenvalue weighted by Crippen LogP contribution is -1.97. The summed E-state index contributed by atoms with van der Waals surface area (Å²) in [7, 11) is 0. The first-order valence-corrected chi connectivity index (χ1v) is 4.21. The third-order valence-electron chi connectivity index (χ3n) is 1.75. The van der Waals surface area contributed by atoms with Crippen molar-refractivity contribution in [3.05, 3.63) is 18.0 Å². The summed E-state index contributed by atoms with van der Waals surface area (Å²) in [6.07, 6.45) is 10.1. The van der Waals surface area contributed by atoms with Crippen molar-refractivity contribution in [1.82, 2.24) is 9.78 Å². The Labute approximate surface area is 77.8 Å². The van der Waals surface area contributed by atoms with E-state index in [0.29, 0.717) is 5.56 Å². The summed E-state index contributed by atoms with van der Waals surface area (Å²) in [5, 5.41) is 4.04. The Morgan fingerprint density at radius 2 is 2.54 bits per heavy atom. The number of Topliss-reactive ketones (excluding diaryl/α,β-unsaturated/α-hetero) is 1. The number of hydrogen-bond donors (Lipinski definition) is 0. The molecule has 13 heavy (non-hydrogen) atoms. The summed E-state index contributed by atoms with van der Waals surface area (Å²) >= 11 is 0. The van der Waals surface area contributed by atoms with Crippen LogP contribution in [0, 0.1) is 12.3 Å². The number of terminal acetylenes is 1. The Balaban J connectivity index is 2.50. The molecule has 0 radical (unpaired) electrons. The molecule has 0 saturated carbocycles. The number of ketones is 1. The van der Waals surface area contributed by atoms with Gasteiger partial charge in [-0.05, 0) is 13.3 Å². The van der Waals surface area contributed by atoms with Gasteiger partial charge < -0.3 is 0 Å². The third-order valence-corrected chi connectivity index (χ3v) is 1.75. The molecule has 0 fully saturated rings. The Morgan fingerprint density at radius 1 is 1.77 bits per heavy atom. The molecule has 0 amide bonds. The second-order valence-corrected chi connectivity index (χ2v) is 2.86. The highest BCUT2D eigenvalue weighted by atomic mass is 16.1. The van der Waals surface area contributed by atoms with E-state index in [-0.39, 0.29) is 5.78 Å². The van der Waals surface area contributed by atoms with Gasteiger partial charge in [0.2, 0.25) is 0 Å². The van der Waals surface area contributed by atoms with E-state index in [4.69, 9.17) is 6.42 Å². The SMILES string of the molecule is C#CCCCn1cc(C(C)=O)cn1. The summed E-state index contributed by atoms with van der Waals surface area (Å²) in [5.74, 6) is 2.60. The molecule has 1 aromatic heterocycles. The Hall–Kier alpha value is -1.56. The average Bonchev–Trinajstić information content (AvgIpc) is 2.53. The molecule has 3 heteroatoms. The predicted molar refractivity (Wildman–Crippen MR) is 50.3 cm³/mol. The standard InChI is InChI=1S/C10H12N2O/c1-3-4-5-6-12-8-10(7-11-12)9(2)13/h1,7-8H,4-6H2,2H3. The summed E-state index contributed by atoms with van der Waals surface area (Å²) in [5.41, 5.74) is 0.653. The molecular weight excluding hydrogens is 164 g/mol. The molecule has 0 N–H and O–H groups in total. The van der Waals surface area contributed by atoms with Gasteiger partial charge in [0.1, 0.15) is 0 Å². The minimum Gasteiger partial charge on any atom is -0.294 e. The van der Waals surface area contributed by atoms with E-state index < -0.39 is 0 Å². The quantitative estimate of drug-likeness (QED) is 0.396. The van der Waals surface area contributed by atoms with Gasteiger partial charge in [0.05, 0.1) is 11.8 Å². The summed E-state index contributed by atoms with van der Waals surface area (Å²) in [6, 6.07) is 0. The van der Waals surface area contributed by atoms with Crippen molar-refractivity contribution in [2.45, 2.75) is 26.3 Å². The van der Waals surface area contributed by atoms with Crippen LogP contribution in [0.5, 0.6) is 0 Å². The predicted octanol–water partition coefficient (Wildman–Crippen LogP) is 1.50. The first-order valence-electron chi connectivity index (χ1n) is 4.21. The molecule has 0 aliphatic heterocycles. The van der Waals surface area contributed by atoms with Gasteiger partial charge in [0.15, 0.2) is 5.78 Å². The maximum absolute atomic E-state index is 10.9. The molecular formula is C10H12N2O. The Kier molecular flexibility index (Phi) is 3.27. The zero-order chi connectivity index (χ0) is 9.68. The van der Waals surface area contributed by atoms with Crippen LogP contribution in [0.25, 0.3) is 0 Å². The van der Waals surface area contributed by atoms with Gasteiger partial charge in [0, 0.05) is 19.2 Å². The van der Waals surface area contributed by atoms with Gasteiger partial charge >= 0.3 is 0 Å². The second-order valence-electron chi connectivity index (χ2n) is 2.86. The molecule has 68 valence electrons. The van der Waals surface area contributed by atoms with Gasteiger partial charge in [-0.3, -0.25) is 9.48 Å². The van der Waals surface area contributed by atoms with Crippen LogP contribution in [-0.4, -0.2) is 15.6 Å². The number of rotatable bonds is 4.